The fourth-order valence-corrected chi connectivity index (χ4v) is 4.83. The van der Waals surface area contributed by atoms with Crippen molar-refractivity contribution in [3.8, 4) is 11.1 Å². The summed E-state index contributed by atoms with van der Waals surface area (Å²) in [6.07, 6.45) is 13.4. The lowest BCUT2D eigenvalue weighted by molar-refractivity contribution is 0.575. The van der Waals surface area contributed by atoms with Gasteiger partial charge in [0.15, 0.2) is 0 Å². The molecular weight excluding hydrogens is 436 g/mol. The first-order valence-corrected chi connectivity index (χ1v) is 11.4. The summed E-state index contributed by atoms with van der Waals surface area (Å²) in [5.41, 5.74) is 7.40. The van der Waals surface area contributed by atoms with Gasteiger partial charge in [0.05, 0.1) is 0 Å². The lowest BCUT2D eigenvalue weighted by Gasteiger charge is -2.10. The van der Waals surface area contributed by atoms with Crippen molar-refractivity contribution in [1.29, 1.82) is 0 Å². The highest BCUT2D eigenvalue weighted by Crippen LogP contribution is 2.41. The van der Waals surface area contributed by atoms with E-state index in [2.05, 4.69) is 69.1 Å². The van der Waals surface area contributed by atoms with E-state index < -0.39 is 0 Å². The van der Waals surface area contributed by atoms with Gasteiger partial charge < -0.3 is 0 Å². The van der Waals surface area contributed by atoms with Crippen molar-refractivity contribution in [3.63, 3.8) is 0 Å². The summed E-state index contributed by atoms with van der Waals surface area (Å²) < 4.78 is 2.39. The summed E-state index contributed by atoms with van der Waals surface area (Å²) in [5, 5.41) is 0. The van der Waals surface area contributed by atoms with Gasteiger partial charge >= 0.3 is 0 Å². The minimum Gasteiger partial charge on any atom is -0.0654 e. The molecule has 0 saturated heterocycles. The van der Waals surface area contributed by atoms with Gasteiger partial charge in [0, 0.05) is 8.95 Å². The molecule has 0 aromatic heterocycles. The molecule has 25 heavy (non-hydrogen) atoms. The predicted octanol–water partition coefficient (Wildman–Crippen LogP) is 8.47. The van der Waals surface area contributed by atoms with Crippen LogP contribution in [0.25, 0.3) is 11.1 Å². The molecule has 0 saturated carbocycles. The number of rotatable bonds is 9. The van der Waals surface area contributed by atoms with Gasteiger partial charge in [-0.3, -0.25) is 0 Å². The molecule has 2 aromatic carbocycles. The van der Waals surface area contributed by atoms with Crippen LogP contribution in [-0.4, -0.2) is 0 Å². The molecule has 0 unspecified atom stereocenters. The third kappa shape index (κ3) is 4.98. The number of hydrogen-bond donors (Lipinski definition) is 0. The van der Waals surface area contributed by atoms with Crippen LogP contribution in [0.5, 0.6) is 0 Å². The first-order chi connectivity index (χ1) is 12.2. The number of benzene rings is 2. The Balaban J connectivity index is 1.59. The lowest BCUT2D eigenvalue weighted by atomic mass is 9.96. The molecule has 0 nitrogen and oxygen atoms in total. The molecule has 0 N–H and O–H groups in total. The van der Waals surface area contributed by atoms with E-state index in [1.807, 2.05) is 0 Å². The van der Waals surface area contributed by atoms with Gasteiger partial charge in [0.1, 0.15) is 0 Å². The Kier molecular flexibility index (Phi) is 7.18. The van der Waals surface area contributed by atoms with E-state index in [-0.39, 0.29) is 0 Å². The average Bonchev–Trinajstić information content (AvgIpc) is 2.95. The van der Waals surface area contributed by atoms with Gasteiger partial charge in [-0.2, -0.15) is 0 Å². The highest BCUT2D eigenvalue weighted by Gasteiger charge is 2.21. The van der Waals surface area contributed by atoms with Gasteiger partial charge in [-0.1, -0.05) is 89.8 Å². The molecule has 134 valence electrons. The number of aryl methyl sites for hydroxylation is 1. The van der Waals surface area contributed by atoms with Crippen LogP contribution in [0.3, 0.4) is 0 Å². The summed E-state index contributed by atoms with van der Waals surface area (Å²) in [4.78, 5) is 0. The van der Waals surface area contributed by atoms with Crippen LogP contribution in [0.2, 0.25) is 0 Å². The molecule has 0 aliphatic heterocycles. The summed E-state index contributed by atoms with van der Waals surface area (Å²) in [5.74, 6) is 0. The maximum Gasteiger partial charge on any atom is 0.0184 e. The molecular formula is C23H28Br2. The Morgan fingerprint density at radius 1 is 0.760 bits per heavy atom. The first kappa shape index (κ1) is 19.2. The summed E-state index contributed by atoms with van der Waals surface area (Å²) in [6, 6.07) is 11.4. The fraction of sp³-hybridized carbons (Fsp3) is 0.478. The Labute approximate surface area is 169 Å². The van der Waals surface area contributed by atoms with Crippen molar-refractivity contribution in [2.75, 3.05) is 0 Å². The monoisotopic (exact) mass is 462 g/mol. The third-order valence-corrected chi connectivity index (χ3v) is 6.29. The second kappa shape index (κ2) is 9.37. The number of unbranched alkanes of at least 4 members (excludes halogenated alkanes) is 7. The first-order valence-electron chi connectivity index (χ1n) is 9.79. The van der Waals surface area contributed by atoms with Crippen LogP contribution in [0.1, 0.15) is 75.0 Å². The summed E-state index contributed by atoms with van der Waals surface area (Å²) in [6.45, 7) is 2.29. The van der Waals surface area contributed by atoms with E-state index in [0.717, 1.165) is 6.42 Å². The number of fused-ring (bicyclic) bond motifs is 3. The highest BCUT2D eigenvalue weighted by molar-refractivity contribution is 9.10. The summed E-state index contributed by atoms with van der Waals surface area (Å²) >= 11 is 7.36. The maximum atomic E-state index is 3.73. The molecule has 0 amide bonds. The number of halogens is 2. The van der Waals surface area contributed by atoms with Gasteiger partial charge in [0.2, 0.25) is 0 Å². The Morgan fingerprint density at radius 2 is 1.44 bits per heavy atom. The lowest BCUT2D eigenvalue weighted by Crippen LogP contribution is -1.94. The molecule has 0 bridgehead atoms. The molecule has 0 radical (unpaired) electrons. The minimum atomic E-state index is 1.09. The van der Waals surface area contributed by atoms with E-state index in [9.17, 15) is 0 Å². The zero-order valence-electron chi connectivity index (χ0n) is 15.2. The molecule has 3 rings (SSSR count). The summed E-state index contributed by atoms with van der Waals surface area (Å²) in [7, 11) is 0. The smallest absolute Gasteiger partial charge is 0.0184 e. The molecule has 2 heteroatoms. The van der Waals surface area contributed by atoms with Gasteiger partial charge in [-0.05, 0) is 71.3 Å². The zero-order chi connectivity index (χ0) is 17.6. The molecule has 0 heterocycles. The SMILES string of the molecule is CCCCCCCCCCc1cc(Br)cc2c1Cc1ccc(Br)cc1-2. The second-order valence-electron chi connectivity index (χ2n) is 7.29. The van der Waals surface area contributed by atoms with Crippen LogP contribution in [0.15, 0.2) is 39.3 Å². The minimum absolute atomic E-state index is 1.09. The molecule has 2 aromatic rings. The van der Waals surface area contributed by atoms with Crippen molar-refractivity contribution in [2.24, 2.45) is 0 Å². The molecule has 0 spiro atoms. The van der Waals surface area contributed by atoms with Crippen molar-refractivity contribution < 1.29 is 0 Å². The van der Waals surface area contributed by atoms with Crippen LogP contribution < -0.4 is 0 Å². The molecule has 1 aliphatic rings. The largest absolute Gasteiger partial charge is 0.0654 e. The molecule has 0 fully saturated rings. The second-order valence-corrected chi connectivity index (χ2v) is 9.13. The zero-order valence-corrected chi connectivity index (χ0v) is 18.4. The van der Waals surface area contributed by atoms with Crippen molar-refractivity contribution in [1.82, 2.24) is 0 Å². The van der Waals surface area contributed by atoms with Crippen LogP contribution in [0.4, 0.5) is 0 Å². The third-order valence-electron chi connectivity index (χ3n) is 5.34. The normalized spacial score (nSPS) is 12.3. The van der Waals surface area contributed by atoms with Crippen molar-refractivity contribution >= 4 is 31.9 Å². The van der Waals surface area contributed by atoms with Crippen LogP contribution in [0, 0.1) is 0 Å². The Morgan fingerprint density at radius 3 is 2.20 bits per heavy atom. The topological polar surface area (TPSA) is 0 Å². The van der Waals surface area contributed by atoms with E-state index in [4.69, 9.17) is 0 Å². The van der Waals surface area contributed by atoms with Crippen LogP contribution >= 0.6 is 31.9 Å². The maximum absolute atomic E-state index is 3.73. The van der Waals surface area contributed by atoms with Crippen molar-refractivity contribution in [2.45, 2.75) is 71.1 Å². The quantitative estimate of drug-likeness (QED) is 0.279. The van der Waals surface area contributed by atoms with Gasteiger partial charge in [0.25, 0.3) is 0 Å². The average molecular weight is 464 g/mol. The standard InChI is InChI=1S/C23H28Br2/c1-2-3-4-5-6-7-8-9-10-17-13-20(25)16-23-21(17)14-18-11-12-19(24)15-22(18)23/h11-13,15-16H,2-10,14H2,1H3. The fourth-order valence-electron chi connectivity index (χ4n) is 3.96. The highest BCUT2D eigenvalue weighted by atomic mass is 79.9. The molecule has 1 aliphatic carbocycles. The Bertz CT molecular complexity index is 718. The van der Waals surface area contributed by atoms with E-state index in [0.29, 0.717) is 0 Å². The van der Waals surface area contributed by atoms with E-state index in [1.165, 1.54) is 83.4 Å². The van der Waals surface area contributed by atoms with Crippen molar-refractivity contribution in [3.05, 3.63) is 56.0 Å². The Hall–Kier alpha value is -0.600. The van der Waals surface area contributed by atoms with E-state index in [1.54, 1.807) is 11.1 Å². The van der Waals surface area contributed by atoms with Gasteiger partial charge in [-0.15, -0.1) is 0 Å². The predicted molar refractivity (Wildman–Crippen MR) is 116 cm³/mol. The number of hydrogen-bond acceptors (Lipinski definition) is 0. The van der Waals surface area contributed by atoms with Crippen LogP contribution in [-0.2, 0) is 12.8 Å². The van der Waals surface area contributed by atoms with E-state index >= 15 is 0 Å². The molecule has 0 atom stereocenters. The van der Waals surface area contributed by atoms with Gasteiger partial charge in [-0.25, -0.2) is 0 Å².